The number of nitrogens with zero attached hydrogens (tertiary/aromatic N) is 4. The van der Waals surface area contributed by atoms with Crippen molar-refractivity contribution in [3.63, 3.8) is 0 Å². The van der Waals surface area contributed by atoms with Gasteiger partial charge in [0.1, 0.15) is 5.82 Å². The van der Waals surface area contributed by atoms with E-state index in [0.717, 1.165) is 18.9 Å². The molecule has 1 saturated heterocycles. The zero-order valence-corrected chi connectivity index (χ0v) is 13.6. The molecular formula is C17H24N4O2. The largest absolute Gasteiger partial charge is 0.353 e. The number of hydrogen-bond acceptors (Lipinski definition) is 4. The summed E-state index contributed by atoms with van der Waals surface area (Å²) in [5.74, 6) is 1.02. The summed E-state index contributed by atoms with van der Waals surface area (Å²) in [5, 5.41) is 0. The van der Waals surface area contributed by atoms with E-state index in [4.69, 9.17) is 0 Å². The standard InChI is InChI=1S/C17H24N4O2/c1-3-9-19(15(2)22)10-7-17(23)21-13-11-20(12-14-21)16-6-4-5-8-18-16/h3-6,8H,1,7,9-14H2,2H3. The summed E-state index contributed by atoms with van der Waals surface area (Å²) in [6.45, 7) is 9.03. The van der Waals surface area contributed by atoms with Crippen LogP contribution < -0.4 is 4.90 Å². The molecule has 1 aliphatic heterocycles. The van der Waals surface area contributed by atoms with Gasteiger partial charge in [-0.05, 0) is 12.1 Å². The molecule has 2 rings (SSSR count). The van der Waals surface area contributed by atoms with Gasteiger partial charge in [0.25, 0.3) is 0 Å². The van der Waals surface area contributed by atoms with Crippen molar-refractivity contribution in [1.29, 1.82) is 0 Å². The van der Waals surface area contributed by atoms with Crippen LogP contribution in [0.5, 0.6) is 0 Å². The molecule has 23 heavy (non-hydrogen) atoms. The SMILES string of the molecule is C=CCN(CCC(=O)N1CCN(c2ccccn2)CC1)C(C)=O. The van der Waals surface area contributed by atoms with E-state index in [2.05, 4.69) is 16.5 Å². The van der Waals surface area contributed by atoms with Crippen LogP contribution >= 0.6 is 0 Å². The van der Waals surface area contributed by atoms with Crippen molar-refractivity contribution in [3.8, 4) is 0 Å². The molecule has 1 aliphatic rings. The predicted molar refractivity (Wildman–Crippen MR) is 90.1 cm³/mol. The Balaban J connectivity index is 1.79. The van der Waals surface area contributed by atoms with Gasteiger partial charge >= 0.3 is 0 Å². The Morgan fingerprint density at radius 1 is 1.30 bits per heavy atom. The zero-order valence-electron chi connectivity index (χ0n) is 13.6. The van der Waals surface area contributed by atoms with Gasteiger partial charge < -0.3 is 14.7 Å². The van der Waals surface area contributed by atoms with Gasteiger partial charge in [0.2, 0.25) is 11.8 Å². The van der Waals surface area contributed by atoms with E-state index in [9.17, 15) is 9.59 Å². The molecule has 0 bridgehead atoms. The second kappa shape index (κ2) is 8.31. The molecule has 1 fully saturated rings. The minimum Gasteiger partial charge on any atom is -0.353 e. The molecule has 0 radical (unpaired) electrons. The van der Waals surface area contributed by atoms with Gasteiger partial charge in [0, 0.05) is 58.8 Å². The average Bonchev–Trinajstić information content (AvgIpc) is 2.59. The summed E-state index contributed by atoms with van der Waals surface area (Å²) in [6.07, 6.45) is 3.82. The van der Waals surface area contributed by atoms with Crippen LogP contribution in [0.4, 0.5) is 5.82 Å². The van der Waals surface area contributed by atoms with Gasteiger partial charge in [-0.25, -0.2) is 4.98 Å². The maximum atomic E-state index is 12.3. The third-order valence-electron chi connectivity index (χ3n) is 4.00. The molecule has 1 aromatic rings. The Morgan fingerprint density at radius 3 is 2.61 bits per heavy atom. The lowest BCUT2D eigenvalue weighted by Crippen LogP contribution is -2.49. The van der Waals surface area contributed by atoms with Crippen LogP contribution in [-0.2, 0) is 9.59 Å². The van der Waals surface area contributed by atoms with E-state index in [-0.39, 0.29) is 11.8 Å². The molecule has 0 N–H and O–H groups in total. The van der Waals surface area contributed by atoms with Crippen LogP contribution in [-0.4, -0.2) is 65.9 Å². The summed E-state index contributed by atoms with van der Waals surface area (Å²) >= 11 is 0. The highest BCUT2D eigenvalue weighted by Gasteiger charge is 2.22. The van der Waals surface area contributed by atoms with Crippen LogP contribution in [0.25, 0.3) is 0 Å². The molecule has 6 heteroatoms. The first kappa shape index (κ1) is 17.0. The van der Waals surface area contributed by atoms with Crippen LogP contribution in [0.3, 0.4) is 0 Å². The maximum absolute atomic E-state index is 12.3. The van der Waals surface area contributed by atoms with Crippen LogP contribution in [0.2, 0.25) is 0 Å². The Morgan fingerprint density at radius 2 is 2.04 bits per heavy atom. The molecule has 1 aromatic heterocycles. The Kier molecular flexibility index (Phi) is 6.14. The number of aromatic nitrogens is 1. The number of carbonyl (C=O) groups excluding carboxylic acids is 2. The third kappa shape index (κ3) is 4.81. The third-order valence-corrected chi connectivity index (χ3v) is 4.00. The molecule has 124 valence electrons. The lowest BCUT2D eigenvalue weighted by molar-refractivity contribution is -0.133. The van der Waals surface area contributed by atoms with Gasteiger partial charge in [0.05, 0.1) is 0 Å². The van der Waals surface area contributed by atoms with E-state index in [1.54, 1.807) is 17.2 Å². The van der Waals surface area contributed by atoms with Crippen molar-refractivity contribution in [3.05, 3.63) is 37.1 Å². The Hall–Kier alpha value is -2.37. The Bertz CT molecular complexity index is 539. The summed E-state index contributed by atoms with van der Waals surface area (Å²) < 4.78 is 0. The number of piperazine rings is 1. The van der Waals surface area contributed by atoms with E-state index in [1.807, 2.05) is 23.1 Å². The molecule has 2 heterocycles. The van der Waals surface area contributed by atoms with E-state index in [0.29, 0.717) is 32.6 Å². The highest BCUT2D eigenvalue weighted by molar-refractivity contribution is 5.78. The van der Waals surface area contributed by atoms with Gasteiger partial charge in [-0.1, -0.05) is 12.1 Å². The van der Waals surface area contributed by atoms with Gasteiger partial charge in [0.15, 0.2) is 0 Å². The topological polar surface area (TPSA) is 56.8 Å². The highest BCUT2D eigenvalue weighted by atomic mass is 16.2. The number of anilines is 1. The number of rotatable bonds is 6. The number of carbonyl (C=O) groups is 2. The van der Waals surface area contributed by atoms with Crippen LogP contribution in [0.1, 0.15) is 13.3 Å². The van der Waals surface area contributed by atoms with E-state index in [1.165, 1.54) is 6.92 Å². The lowest BCUT2D eigenvalue weighted by Gasteiger charge is -2.35. The lowest BCUT2D eigenvalue weighted by atomic mass is 10.2. The van der Waals surface area contributed by atoms with Gasteiger partial charge in [-0.15, -0.1) is 6.58 Å². The first-order valence-electron chi connectivity index (χ1n) is 7.92. The molecule has 0 aromatic carbocycles. The number of hydrogen-bond donors (Lipinski definition) is 0. The Labute approximate surface area is 137 Å². The first-order chi connectivity index (χ1) is 11.1. The molecule has 0 spiro atoms. The minimum atomic E-state index is -0.0299. The highest BCUT2D eigenvalue weighted by Crippen LogP contribution is 2.13. The van der Waals surface area contributed by atoms with Gasteiger partial charge in [-0.3, -0.25) is 9.59 Å². The quantitative estimate of drug-likeness (QED) is 0.739. The van der Waals surface area contributed by atoms with Gasteiger partial charge in [-0.2, -0.15) is 0 Å². The minimum absolute atomic E-state index is 0.0299. The second-order valence-corrected chi connectivity index (χ2v) is 5.56. The molecule has 2 amide bonds. The maximum Gasteiger partial charge on any atom is 0.224 e. The fourth-order valence-corrected chi connectivity index (χ4v) is 2.65. The fraction of sp³-hybridized carbons (Fsp3) is 0.471. The molecule has 0 saturated carbocycles. The fourth-order valence-electron chi connectivity index (χ4n) is 2.65. The summed E-state index contributed by atoms with van der Waals surface area (Å²) in [5.41, 5.74) is 0. The summed E-state index contributed by atoms with van der Waals surface area (Å²) in [4.78, 5) is 33.8. The van der Waals surface area contributed by atoms with Crippen molar-refractivity contribution in [1.82, 2.24) is 14.8 Å². The molecular weight excluding hydrogens is 292 g/mol. The smallest absolute Gasteiger partial charge is 0.224 e. The van der Waals surface area contributed by atoms with Crippen molar-refractivity contribution in [2.24, 2.45) is 0 Å². The molecule has 6 nitrogen and oxygen atoms in total. The summed E-state index contributed by atoms with van der Waals surface area (Å²) in [7, 11) is 0. The first-order valence-corrected chi connectivity index (χ1v) is 7.92. The van der Waals surface area contributed by atoms with Crippen LogP contribution in [0.15, 0.2) is 37.1 Å². The van der Waals surface area contributed by atoms with E-state index < -0.39 is 0 Å². The molecule has 0 aliphatic carbocycles. The number of amides is 2. The molecule has 0 atom stereocenters. The second-order valence-electron chi connectivity index (χ2n) is 5.56. The van der Waals surface area contributed by atoms with Crippen molar-refractivity contribution < 1.29 is 9.59 Å². The number of pyridine rings is 1. The zero-order chi connectivity index (χ0) is 16.7. The predicted octanol–water partition coefficient (Wildman–Crippen LogP) is 1.15. The average molecular weight is 316 g/mol. The normalized spacial score (nSPS) is 14.5. The summed E-state index contributed by atoms with van der Waals surface area (Å²) in [6, 6.07) is 5.85. The molecule has 0 unspecified atom stereocenters. The van der Waals surface area contributed by atoms with Crippen molar-refractivity contribution in [2.75, 3.05) is 44.2 Å². The van der Waals surface area contributed by atoms with Crippen LogP contribution in [0, 0.1) is 0 Å². The van der Waals surface area contributed by atoms with Crippen molar-refractivity contribution >= 4 is 17.6 Å². The van der Waals surface area contributed by atoms with Crippen molar-refractivity contribution in [2.45, 2.75) is 13.3 Å². The van der Waals surface area contributed by atoms with E-state index >= 15 is 0 Å². The monoisotopic (exact) mass is 316 g/mol.